The minimum absolute atomic E-state index is 0.579. The first-order valence-electron chi connectivity index (χ1n) is 10.8. The van der Waals surface area contributed by atoms with Crippen molar-refractivity contribution in [3.63, 3.8) is 0 Å². The van der Waals surface area contributed by atoms with Crippen LogP contribution in [-0.4, -0.2) is 0 Å². The monoisotopic (exact) mass is 410 g/mol. The van der Waals surface area contributed by atoms with Gasteiger partial charge in [-0.3, -0.25) is 0 Å². The molecule has 0 saturated heterocycles. The molecule has 0 aromatic heterocycles. The van der Waals surface area contributed by atoms with Crippen molar-refractivity contribution in [1.82, 2.24) is 0 Å². The maximum Gasteiger partial charge on any atom is 0.416 e. The van der Waals surface area contributed by atoms with Gasteiger partial charge in [-0.05, 0) is 79.5 Å². The van der Waals surface area contributed by atoms with Crippen molar-refractivity contribution in [3.05, 3.63) is 83.4 Å². The number of halogens is 3. The van der Waals surface area contributed by atoms with Crippen LogP contribution < -0.4 is 0 Å². The van der Waals surface area contributed by atoms with Gasteiger partial charge in [0.1, 0.15) is 0 Å². The van der Waals surface area contributed by atoms with Gasteiger partial charge in [-0.1, -0.05) is 55.7 Å². The van der Waals surface area contributed by atoms with Crippen LogP contribution in [0, 0.1) is 23.7 Å². The fraction of sp³-hybridized carbons (Fsp3) is 0.407. The van der Waals surface area contributed by atoms with Crippen LogP contribution in [0.4, 0.5) is 13.2 Å². The highest BCUT2D eigenvalue weighted by Gasteiger charge is 2.29. The van der Waals surface area contributed by atoms with Gasteiger partial charge in [0.05, 0.1) is 5.56 Å². The molecule has 2 aromatic carbocycles. The van der Waals surface area contributed by atoms with E-state index in [2.05, 4.69) is 30.6 Å². The third kappa shape index (κ3) is 6.80. The Balaban J connectivity index is 1.47. The summed E-state index contributed by atoms with van der Waals surface area (Å²) in [6.07, 6.45) is 7.90. The van der Waals surface area contributed by atoms with Crippen molar-refractivity contribution < 1.29 is 13.2 Å². The third-order valence-corrected chi connectivity index (χ3v) is 6.10. The highest BCUT2D eigenvalue weighted by Crippen LogP contribution is 2.34. The topological polar surface area (TPSA) is 0 Å². The first-order valence-corrected chi connectivity index (χ1v) is 10.8. The van der Waals surface area contributed by atoms with Crippen LogP contribution in [0.2, 0.25) is 0 Å². The molecular formula is C27H29F3. The fourth-order valence-electron chi connectivity index (χ4n) is 4.17. The van der Waals surface area contributed by atoms with Crippen LogP contribution in [0.3, 0.4) is 0 Å². The highest BCUT2D eigenvalue weighted by atomic mass is 19.4. The van der Waals surface area contributed by atoms with Gasteiger partial charge in [-0.15, -0.1) is 6.58 Å². The smallest absolute Gasteiger partial charge is 0.166 e. The van der Waals surface area contributed by atoms with E-state index in [0.717, 1.165) is 42.4 Å². The summed E-state index contributed by atoms with van der Waals surface area (Å²) < 4.78 is 37.8. The van der Waals surface area contributed by atoms with E-state index in [1.54, 1.807) is 0 Å². The summed E-state index contributed by atoms with van der Waals surface area (Å²) >= 11 is 0. The Hall–Kier alpha value is -2.47. The number of aryl methyl sites for hydroxylation is 1. The van der Waals surface area contributed by atoms with Gasteiger partial charge in [-0.2, -0.15) is 13.2 Å². The molecule has 0 N–H and O–H groups in total. The Morgan fingerprint density at radius 3 is 1.80 bits per heavy atom. The average Bonchev–Trinajstić information content (AvgIpc) is 2.76. The lowest BCUT2D eigenvalue weighted by atomic mass is 9.78. The van der Waals surface area contributed by atoms with Crippen LogP contribution >= 0.6 is 0 Å². The second kappa shape index (κ2) is 10.5. The van der Waals surface area contributed by atoms with Crippen LogP contribution in [0.1, 0.15) is 67.2 Å². The van der Waals surface area contributed by atoms with E-state index >= 15 is 0 Å². The molecule has 1 fully saturated rings. The zero-order chi connectivity index (χ0) is 21.4. The SMILES string of the molecule is C=CCC[C@H]1CC[C@H](CCc2ccc(C#Cc3ccc(C(F)(F)F)cc3)cc2)CC1. The van der Waals surface area contributed by atoms with Crippen molar-refractivity contribution in [2.45, 2.75) is 57.5 Å². The minimum Gasteiger partial charge on any atom is -0.166 e. The van der Waals surface area contributed by atoms with E-state index in [1.165, 1.54) is 56.2 Å². The van der Waals surface area contributed by atoms with E-state index in [-0.39, 0.29) is 0 Å². The predicted molar refractivity (Wildman–Crippen MR) is 117 cm³/mol. The summed E-state index contributed by atoms with van der Waals surface area (Å²) in [6.45, 7) is 3.82. The largest absolute Gasteiger partial charge is 0.416 e. The van der Waals surface area contributed by atoms with Gasteiger partial charge in [0.15, 0.2) is 0 Å². The lowest BCUT2D eigenvalue weighted by molar-refractivity contribution is -0.137. The zero-order valence-electron chi connectivity index (χ0n) is 17.3. The Kier molecular flexibility index (Phi) is 7.80. The Bertz CT molecular complexity index is 856. The van der Waals surface area contributed by atoms with Crippen molar-refractivity contribution in [3.8, 4) is 11.8 Å². The second-order valence-electron chi connectivity index (χ2n) is 8.31. The van der Waals surface area contributed by atoms with Crippen LogP contribution in [0.25, 0.3) is 0 Å². The molecule has 1 aliphatic rings. The molecule has 0 radical (unpaired) electrons. The lowest BCUT2D eigenvalue weighted by Gasteiger charge is -2.28. The van der Waals surface area contributed by atoms with E-state index < -0.39 is 11.7 Å². The number of benzene rings is 2. The molecular weight excluding hydrogens is 381 g/mol. The fourth-order valence-corrected chi connectivity index (χ4v) is 4.17. The summed E-state index contributed by atoms with van der Waals surface area (Å²) in [5.41, 5.74) is 2.13. The van der Waals surface area contributed by atoms with Crippen molar-refractivity contribution in [2.24, 2.45) is 11.8 Å². The molecule has 1 saturated carbocycles. The Morgan fingerprint density at radius 1 is 0.800 bits per heavy atom. The standard InChI is InChI=1S/C27H29F3/c1-2-3-4-21-5-7-22(8-6-21)9-10-23-11-13-24(14-12-23)15-16-25-17-19-26(20-18-25)27(28,29)30/h2,11-14,17-22H,1,3-10H2/t21-,22-. The lowest BCUT2D eigenvalue weighted by Crippen LogP contribution is -2.15. The molecule has 3 heteroatoms. The van der Waals surface area contributed by atoms with Crippen molar-refractivity contribution >= 4 is 0 Å². The normalized spacial score (nSPS) is 19.0. The second-order valence-corrected chi connectivity index (χ2v) is 8.31. The molecule has 0 aliphatic heterocycles. The van der Waals surface area contributed by atoms with Crippen LogP contribution in [0.5, 0.6) is 0 Å². The molecule has 0 unspecified atom stereocenters. The van der Waals surface area contributed by atoms with Crippen molar-refractivity contribution in [2.75, 3.05) is 0 Å². The van der Waals surface area contributed by atoms with E-state index in [9.17, 15) is 13.2 Å². The van der Waals surface area contributed by atoms with Gasteiger partial charge < -0.3 is 0 Å². The maximum absolute atomic E-state index is 12.6. The van der Waals surface area contributed by atoms with Gasteiger partial charge in [0.25, 0.3) is 0 Å². The third-order valence-electron chi connectivity index (χ3n) is 6.10. The molecule has 1 aliphatic carbocycles. The highest BCUT2D eigenvalue weighted by molar-refractivity contribution is 5.44. The molecule has 158 valence electrons. The maximum atomic E-state index is 12.6. The zero-order valence-corrected chi connectivity index (χ0v) is 17.3. The van der Waals surface area contributed by atoms with Gasteiger partial charge in [0.2, 0.25) is 0 Å². The first-order chi connectivity index (χ1) is 14.4. The number of hydrogen-bond donors (Lipinski definition) is 0. The summed E-state index contributed by atoms with van der Waals surface area (Å²) in [5, 5.41) is 0. The molecule has 0 nitrogen and oxygen atoms in total. The number of alkyl halides is 3. The quantitative estimate of drug-likeness (QED) is 0.336. The Labute approximate surface area is 178 Å². The molecule has 2 aromatic rings. The summed E-state index contributed by atoms with van der Waals surface area (Å²) in [7, 11) is 0. The van der Waals surface area contributed by atoms with E-state index in [1.807, 2.05) is 18.2 Å². The number of hydrogen-bond acceptors (Lipinski definition) is 0. The minimum atomic E-state index is -4.31. The summed E-state index contributed by atoms with van der Waals surface area (Å²) in [5.74, 6) is 7.70. The number of allylic oxidation sites excluding steroid dienone is 1. The first kappa shape index (κ1) is 22.2. The molecule has 0 heterocycles. The van der Waals surface area contributed by atoms with E-state index in [0.29, 0.717) is 5.56 Å². The Morgan fingerprint density at radius 2 is 1.30 bits per heavy atom. The molecule has 0 atom stereocenters. The molecule has 3 rings (SSSR count). The molecule has 0 bridgehead atoms. The predicted octanol–water partition coefficient (Wildman–Crippen LogP) is 7.81. The van der Waals surface area contributed by atoms with Gasteiger partial charge in [0, 0.05) is 11.1 Å². The van der Waals surface area contributed by atoms with Crippen LogP contribution in [0.15, 0.2) is 61.2 Å². The molecule has 30 heavy (non-hydrogen) atoms. The summed E-state index contributed by atoms with van der Waals surface area (Å²) in [6, 6.07) is 13.2. The van der Waals surface area contributed by atoms with Gasteiger partial charge in [-0.25, -0.2) is 0 Å². The average molecular weight is 411 g/mol. The summed E-state index contributed by atoms with van der Waals surface area (Å²) in [4.78, 5) is 0. The van der Waals surface area contributed by atoms with Crippen molar-refractivity contribution in [1.29, 1.82) is 0 Å². The van der Waals surface area contributed by atoms with Gasteiger partial charge >= 0.3 is 6.18 Å². The number of rotatable bonds is 6. The molecule has 0 spiro atoms. The molecule has 0 amide bonds. The van der Waals surface area contributed by atoms with Crippen LogP contribution in [-0.2, 0) is 12.6 Å². The van der Waals surface area contributed by atoms with E-state index in [4.69, 9.17) is 0 Å².